The molecule has 5 aliphatic rings. The Bertz CT molecular complexity index is 1910. The molecule has 44 heavy (non-hydrogen) atoms. The number of carbonyl (C=O) groups is 1. The molecule has 0 bridgehead atoms. The minimum absolute atomic E-state index is 0.102. The Morgan fingerprint density at radius 1 is 0.977 bits per heavy atom. The van der Waals surface area contributed by atoms with Crippen molar-refractivity contribution in [2.75, 3.05) is 25.2 Å². The number of likely N-dealkylation sites (tertiary alicyclic amines) is 1. The lowest BCUT2D eigenvalue weighted by Crippen LogP contribution is -2.53. The van der Waals surface area contributed by atoms with Crippen LogP contribution >= 0.6 is 0 Å². The van der Waals surface area contributed by atoms with Crippen LogP contribution in [-0.4, -0.2) is 64.5 Å². The molecule has 4 atom stereocenters. The summed E-state index contributed by atoms with van der Waals surface area (Å²) in [7, 11) is -1.23. The molecule has 3 aliphatic carbocycles. The average Bonchev–Trinajstić information content (AvgIpc) is 3.65. The average molecular weight is 613 g/mol. The maximum atomic E-state index is 13.9. The van der Waals surface area contributed by atoms with Gasteiger partial charge >= 0.3 is 0 Å². The standard InChI is InChI=1S/C35H40N4O4S/c1-43-31-18-25(35(40)39-20-26-14-24-17-29(39)32(24)26)15-27-33(31)37(11-8-21-9-12-44(41,42)13-10-21)34(36-27)30-16-23-4-2-3-5-28(23)38(30)19-22-6-7-22/h2-5,15-16,18,21-22,24,26,29,32H,6-14,17,19-20H2,1H3/t24?,26?,29?,32-/m1/s1. The Balaban J connectivity index is 1.15. The third-order valence-corrected chi connectivity index (χ3v) is 13.4. The van der Waals surface area contributed by atoms with Crippen molar-refractivity contribution >= 4 is 37.7 Å². The van der Waals surface area contributed by atoms with Crippen LogP contribution in [0.15, 0.2) is 42.5 Å². The number of hydrogen-bond donors (Lipinski definition) is 0. The van der Waals surface area contributed by atoms with Crippen LogP contribution in [0.2, 0.25) is 0 Å². The van der Waals surface area contributed by atoms with Gasteiger partial charge in [0.15, 0.2) is 5.82 Å². The fourth-order valence-electron chi connectivity index (χ4n) is 8.98. The summed E-state index contributed by atoms with van der Waals surface area (Å²) in [6.07, 6.45) is 7.24. The second kappa shape index (κ2) is 9.83. The maximum absolute atomic E-state index is 13.9. The van der Waals surface area contributed by atoms with E-state index in [2.05, 4.69) is 44.4 Å². The molecule has 4 heterocycles. The van der Waals surface area contributed by atoms with Crippen molar-refractivity contribution in [2.45, 2.75) is 64.1 Å². The summed E-state index contributed by atoms with van der Waals surface area (Å²) in [6.45, 7) is 2.56. The summed E-state index contributed by atoms with van der Waals surface area (Å²) in [5.41, 5.74) is 4.66. The maximum Gasteiger partial charge on any atom is 0.254 e. The van der Waals surface area contributed by atoms with Crippen LogP contribution in [0.4, 0.5) is 0 Å². The molecular formula is C35H40N4O4S. The fourth-order valence-corrected chi connectivity index (χ4v) is 10.6. The smallest absolute Gasteiger partial charge is 0.254 e. The predicted molar refractivity (Wildman–Crippen MR) is 170 cm³/mol. The van der Waals surface area contributed by atoms with E-state index in [0.29, 0.717) is 54.5 Å². The van der Waals surface area contributed by atoms with Crippen molar-refractivity contribution in [3.63, 3.8) is 0 Å². The van der Waals surface area contributed by atoms with Crippen molar-refractivity contribution < 1.29 is 17.9 Å². The number of aryl methyl sites for hydroxylation is 1. The Labute approximate surface area is 258 Å². The molecule has 4 aromatic rings. The number of ether oxygens (including phenoxy) is 1. The number of para-hydroxylation sites is 1. The molecule has 3 saturated carbocycles. The molecule has 2 aromatic carbocycles. The molecule has 9 heteroatoms. The highest BCUT2D eigenvalue weighted by Crippen LogP contribution is 2.60. The Morgan fingerprint density at radius 2 is 1.80 bits per heavy atom. The van der Waals surface area contributed by atoms with Gasteiger partial charge in [0.05, 0.1) is 29.8 Å². The van der Waals surface area contributed by atoms with Gasteiger partial charge in [-0.1, -0.05) is 18.2 Å². The Hall–Kier alpha value is -3.33. The van der Waals surface area contributed by atoms with Crippen LogP contribution < -0.4 is 4.74 Å². The summed E-state index contributed by atoms with van der Waals surface area (Å²) in [5, 5.41) is 1.20. The first-order valence-corrected chi connectivity index (χ1v) is 18.4. The predicted octanol–water partition coefficient (Wildman–Crippen LogP) is 5.77. The van der Waals surface area contributed by atoms with E-state index in [0.717, 1.165) is 60.3 Å². The first-order chi connectivity index (χ1) is 21.4. The van der Waals surface area contributed by atoms with Gasteiger partial charge in [-0.2, -0.15) is 0 Å². The van der Waals surface area contributed by atoms with Gasteiger partial charge in [0, 0.05) is 42.1 Å². The highest BCUT2D eigenvalue weighted by molar-refractivity contribution is 7.91. The minimum atomic E-state index is -2.91. The van der Waals surface area contributed by atoms with E-state index in [1.807, 2.05) is 12.1 Å². The molecular weight excluding hydrogens is 572 g/mol. The molecule has 0 N–H and O–H groups in total. The fraction of sp³-hybridized carbons (Fsp3) is 0.543. The summed E-state index contributed by atoms with van der Waals surface area (Å²) in [5.74, 6) is 5.51. The lowest BCUT2D eigenvalue weighted by molar-refractivity contribution is -0.0204. The number of hydrogen-bond acceptors (Lipinski definition) is 5. The molecule has 5 fully saturated rings. The third kappa shape index (κ3) is 4.25. The van der Waals surface area contributed by atoms with Crippen LogP contribution in [0, 0.1) is 29.6 Å². The molecule has 3 unspecified atom stereocenters. The van der Waals surface area contributed by atoms with Crippen LogP contribution in [0.25, 0.3) is 33.5 Å². The van der Waals surface area contributed by atoms with Gasteiger partial charge in [-0.25, -0.2) is 13.4 Å². The number of nitrogens with zero attached hydrogens (tertiary/aromatic N) is 4. The first kappa shape index (κ1) is 27.0. The minimum Gasteiger partial charge on any atom is -0.494 e. The largest absolute Gasteiger partial charge is 0.494 e. The highest BCUT2D eigenvalue weighted by atomic mass is 32.2. The second-order valence-electron chi connectivity index (χ2n) is 14.3. The van der Waals surface area contributed by atoms with Crippen molar-refractivity contribution in [3.05, 3.63) is 48.0 Å². The zero-order valence-electron chi connectivity index (χ0n) is 25.3. The normalized spacial score (nSPS) is 27.3. The van der Waals surface area contributed by atoms with Crippen molar-refractivity contribution in [1.82, 2.24) is 19.0 Å². The van der Waals surface area contributed by atoms with Gasteiger partial charge in [0.2, 0.25) is 0 Å². The van der Waals surface area contributed by atoms with E-state index >= 15 is 0 Å². The van der Waals surface area contributed by atoms with Gasteiger partial charge in [-0.05, 0) is 98.8 Å². The van der Waals surface area contributed by atoms with Gasteiger partial charge in [-0.3, -0.25) is 4.79 Å². The van der Waals surface area contributed by atoms with E-state index in [1.165, 1.54) is 30.2 Å². The molecule has 2 aliphatic heterocycles. The Morgan fingerprint density at radius 3 is 2.55 bits per heavy atom. The van der Waals surface area contributed by atoms with Crippen molar-refractivity contribution in [3.8, 4) is 17.3 Å². The third-order valence-electron chi connectivity index (χ3n) is 11.7. The number of methoxy groups -OCH3 is 1. The molecule has 8 nitrogen and oxygen atoms in total. The van der Waals surface area contributed by atoms with Crippen LogP contribution in [0.3, 0.4) is 0 Å². The molecule has 0 radical (unpaired) electrons. The number of fused-ring (bicyclic) bond motifs is 2. The highest BCUT2D eigenvalue weighted by Gasteiger charge is 2.61. The monoisotopic (exact) mass is 612 g/mol. The Kier molecular flexibility index (Phi) is 6.04. The van der Waals surface area contributed by atoms with E-state index < -0.39 is 9.84 Å². The van der Waals surface area contributed by atoms with E-state index in [1.54, 1.807) is 7.11 Å². The lowest BCUT2D eigenvalue weighted by Gasteiger charge is -2.52. The zero-order chi connectivity index (χ0) is 29.7. The molecule has 2 aromatic heterocycles. The number of sulfone groups is 1. The van der Waals surface area contributed by atoms with Gasteiger partial charge in [-0.15, -0.1) is 0 Å². The number of carbonyl (C=O) groups excluding carboxylic acids is 1. The summed E-state index contributed by atoms with van der Waals surface area (Å²) >= 11 is 0. The lowest BCUT2D eigenvalue weighted by atomic mass is 9.53. The number of benzene rings is 2. The summed E-state index contributed by atoms with van der Waals surface area (Å²) < 4.78 is 35.0. The molecule has 9 rings (SSSR count). The van der Waals surface area contributed by atoms with Crippen LogP contribution in [0.1, 0.15) is 55.3 Å². The quantitative estimate of drug-likeness (QED) is 0.252. The summed E-state index contributed by atoms with van der Waals surface area (Å²) in [4.78, 5) is 21.4. The molecule has 2 saturated heterocycles. The van der Waals surface area contributed by atoms with Crippen molar-refractivity contribution in [1.29, 1.82) is 0 Å². The molecule has 0 spiro atoms. The first-order valence-electron chi connectivity index (χ1n) is 16.5. The van der Waals surface area contributed by atoms with Crippen LogP contribution in [0.5, 0.6) is 5.75 Å². The number of rotatable bonds is 8. The van der Waals surface area contributed by atoms with E-state index in [9.17, 15) is 13.2 Å². The topological polar surface area (TPSA) is 86.4 Å². The van der Waals surface area contributed by atoms with Gasteiger partial charge in [0.1, 0.15) is 21.1 Å². The van der Waals surface area contributed by atoms with Gasteiger partial charge in [0.25, 0.3) is 5.91 Å². The van der Waals surface area contributed by atoms with Crippen molar-refractivity contribution in [2.24, 2.45) is 29.6 Å². The van der Waals surface area contributed by atoms with E-state index in [-0.39, 0.29) is 17.4 Å². The number of imidazole rings is 1. The van der Waals surface area contributed by atoms with Gasteiger partial charge < -0.3 is 18.8 Å². The molecule has 230 valence electrons. The zero-order valence-corrected chi connectivity index (χ0v) is 26.1. The molecule has 1 amide bonds. The number of aromatic nitrogens is 3. The summed E-state index contributed by atoms with van der Waals surface area (Å²) in [6, 6.07) is 15.1. The van der Waals surface area contributed by atoms with Crippen LogP contribution in [-0.2, 0) is 22.9 Å². The SMILES string of the molecule is COc1cc(C(=O)N2CC3CC4CC2[C@H]43)cc2nc(-c3cc4ccccc4n3CC3CC3)n(CCC3CCS(=O)(=O)CC3)c12. The van der Waals surface area contributed by atoms with E-state index in [4.69, 9.17) is 9.72 Å². The number of amides is 1. The second-order valence-corrected chi connectivity index (χ2v) is 16.6.